The van der Waals surface area contributed by atoms with Crippen LogP contribution in [0.4, 0.5) is 17.2 Å². The lowest BCUT2D eigenvalue weighted by molar-refractivity contribution is 0.445. The van der Waals surface area contributed by atoms with E-state index in [0.717, 1.165) is 6.42 Å². The van der Waals surface area contributed by atoms with Gasteiger partial charge in [-0.2, -0.15) is 9.29 Å². The van der Waals surface area contributed by atoms with Crippen molar-refractivity contribution in [2.45, 2.75) is 32.1 Å². The van der Waals surface area contributed by atoms with E-state index in [1.54, 1.807) is 24.3 Å². The monoisotopic (exact) mass is 441 g/mol. The van der Waals surface area contributed by atoms with Crippen molar-refractivity contribution in [1.29, 1.82) is 0 Å². The number of aromatic nitrogens is 2. The third-order valence-corrected chi connectivity index (χ3v) is 6.92. The molecule has 164 valence electrons. The molecule has 9 heteroatoms. The Labute approximate surface area is 183 Å². The molecule has 2 aromatic carbocycles. The quantitative estimate of drug-likeness (QED) is 0.512. The van der Waals surface area contributed by atoms with Gasteiger partial charge in [-0.3, -0.25) is 0 Å². The van der Waals surface area contributed by atoms with E-state index in [4.69, 9.17) is 10.5 Å². The van der Waals surface area contributed by atoms with Gasteiger partial charge in [0.25, 0.3) is 0 Å². The maximum Gasteiger partial charge on any atom is 0.248 e. The number of benzene rings is 2. The smallest absolute Gasteiger partial charge is 0.248 e. The van der Waals surface area contributed by atoms with Gasteiger partial charge in [-0.15, -0.1) is 0 Å². The van der Waals surface area contributed by atoms with Gasteiger partial charge in [-0.25, -0.2) is 13.4 Å². The first kappa shape index (κ1) is 22.5. The Bertz CT molecular complexity index is 1110. The minimum atomic E-state index is -3.51. The van der Waals surface area contributed by atoms with Crippen LogP contribution in [0.15, 0.2) is 59.8 Å². The fraction of sp³-hybridized carbons (Fsp3) is 0.273. The Morgan fingerprint density at radius 1 is 0.968 bits per heavy atom. The van der Waals surface area contributed by atoms with Crippen molar-refractivity contribution in [3.8, 4) is 11.6 Å². The number of nitrogens with zero attached hydrogens (tertiary/aromatic N) is 3. The molecule has 8 nitrogen and oxygen atoms in total. The van der Waals surface area contributed by atoms with E-state index in [9.17, 15) is 8.42 Å². The van der Waals surface area contributed by atoms with Crippen molar-refractivity contribution in [3.63, 3.8) is 0 Å². The lowest BCUT2D eigenvalue weighted by atomic mass is 10.2. The van der Waals surface area contributed by atoms with Crippen LogP contribution in [0.5, 0.6) is 11.6 Å². The van der Waals surface area contributed by atoms with Crippen molar-refractivity contribution < 1.29 is 13.2 Å². The molecule has 3 aromatic rings. The van der Waals surface area contributed by atoms with E-state index in [1.807, 2.05) is 38.1 Å². The third-order valence-electron chi connectivity index (χ3n) is 4.85. The summed E-state index contributed by atoms with van der Waals surface area (Å²) >= 11 is 0. The number of anilines is 3. The summed E-state index contributed by atoms with van der Waals surface area (Å²) in [6.07, 6.45) is 2.30. The molecular formula is C22H27N5O3S. The maximum atomic E-state index is 12.6. The van der Waals surface area contributed by atoms with Crippen LogP contribution in [0.1, 0.15) is 26.3 Å². The van der Waals surface area contributed by atoms with Gasteiger partial charge in [-0.1, -0.05) is 32.9 Å². The molecule has 0 radical (unpaired) electrons. The second-order valence-corrected chi connectivity index (χ2v) is 8.72. The van der Waals surface area contributed by atoms with Gasteiger partial charge in [0.1, 0.15) is 17.8 Å². The topological polar surface area (TPSA) is 110 Å². The minimum Gasteiger partial charge on any atom is -0.437 e. The predicted molar refractivity (Wildman–Crippen MR) is 122 cm³/mol. The first-order chi connectivity index (χ1) is 14.9. The molecule has 3 N–H and O–H groups in total. The zero-order valence-electron chi connectivity index (χ0n) is 17.9. The Balaban J connectivity index is 1.77. The molecule has 0 saturated heterocycles. The molecule has 31 heavy (non-hydrogen) atoms. The summed E-state index contributed by atoms with van der Waals surface area (Å²) in [6.45, 7) is 6.54. The fourth-order valence-electron chi connectivity index (χ4n) is 3.02. The van der Waals surface area contributed by atoms with Gasteiger partial charge >= 0.3 is 0 Å². The largest absolute Gasteiger partial charge is 0.437 e. The van der Waals surface area contributed by atoms with Crippen molar-refractivity contribution in [2.75, 3.05) is 24.1 Å². The molecule has 0 fully saturated rings. The minimum absolute atomic E-state index is 0.233. The Hall–Kier alpha value is -3.17. The second-order valence-electron chi connectivity index (χ2n) is 6.78. The highest BCUT2D eigenvalue weighted by Gasteiger charge is 2.21. The molecule has 0 spiro atoms. The van der Waals surface area contributed by atoms with Crippen LogP contribution >= 0.6 is 0 Å². The Morgan fingerprint density at radius 2 is 1.61 bits per heavy atom. The summed E-state index contributed by atoms with van der Waals surface area (Å²) in [6, 6.07) is 14.1. The van der Waals surface area contributed by atoms with E-state index < -0.39 is 10.0 Å². The number of nitrogens with one attached hydrogen (secondary N) is 1. The molecule has 0 aliphatic carbocycles. The van der Waals surface area contributed by atoms with Crippen LogP contribution in [0.25, 0.3) is 0 Å². The van der Waals surface area contributed by atoms with Crippen molar-refractivity contribution >= 4 is 27.2 Å². The highest BCUT2D eigenvalue weighted by Crippen LogP contribution is 2.31. The molecule has 0 saturated carbocycles. The number of hydrogen-bond acceptors (Lipinski definition) is 7. The third kappa shape index (κ3) is 5.12. The van der Waals surface area contributed by atoms with Crippen LogP contribution in [-0.4, -0.2) is 35.8 Å². The standard InChI is InChI=1S/C22H27N5O3S/c1-4-16-7-11-18(12-8-16)30-22-20(23)21(24-15-25-22)26-17-9-13-19(14-10-17)31(28,29)27(5-2)6-3/h7-15H,4-6,23H2,1-3H3,(H,24,25,26). The molecule has 1 heterocycles. The van der Waals surface area contributed by atoms with Gasteiger partial charge in [-0.05, 0) is 48.4 Å². The maximum absolute atomic E-state index is 12.6. The summed E-state index contributed by atoms with van der Waals surface area (Å²) in [5.74, 6) is 1.23. The van der Waals surface area contributed by atoms with E-state index in [-0.39, 0.29) is 16.5 Å². The Morgan fingerprint density at radius 3 is 2.19 bits per heavy atom. The Kier molecular flexibility index (Phi) is 7.09. The van der Waals surface area contributed by atoms with Crippen LogP contribution < -0.4 is 15.8 Å². The summed E-state index contributed by atoms with van der Waals surface area (Å²) in [5, 5.41) is 3.09. The number of sulfonamides is 1. The van der Waals surface area contributed by atoms with E-state index in [0.29, 0.717) is 30.3 Å². The van der Waals surface area contributed by atoms with Gasteiger partial charge < -0.3 is 15.8 Å². The highest BCUT2D eigenvalue weighted by molar-refractivity contribution is 7.89. The number of nitrogen functional groups attached to an aromatic ring is 1. The number of hydrogen-bond donors (Lipinski definition) is 2. The molecule has 3 rings (SSSR count). The van der Waals surface area contributed by atoms with Crippen molar-refractivity contribution in [2.24, 2.45) is 0 Å². The molecular weight excluding hydrogens is 414 g/mol. The number of rotatable bonds is 9. The molecule has 0 amide bonds. The SMILES string of the molecule is CCc1ccc(Oc2ncnc(Nc3ccc(S(=O)(=O)N(CC)CC)cc3)c2N)cc1. The highest BCUT2D eigenvalue weighted by atomic mass is 32.2. The van der Waals surface area contributed by atoms with Crippen molar-refractivity contribution in [3.05, 3.63) is 60.4 Å². The van der Waals surface area contributed by atoms with E-state index >= 15 is 0 Å². The summed E-state index contributed by atoms with van der Waals surface area (Å²) in [7, 11) is -3.51. The van der Waals surface area contributed by atoms with Crippen LogP contribution in [-0.2, 0) is 16.4 Å². The first-order valence-electron chi connectivity index (χ1n) is 10.1. The summed E-state index contributed by atoms with van der Waals surface area (Å²) in [4.78, 5) is 8.53. The lowest BCUT2D eigenvalue weighted by Gasteiger charge is -2.18. The average Bonchev–Trinajstić information content (AvgIpc) is 2.78. The van der Waals surface area contributed by atoms with E-state index in [1.165, 1.54) is 16.2 Å². The number of ether oxygens (including phenoxy) is 1. The number of aryl methyl sites for hydroxylation is 1. The molecule has 0 bridgehead atoms. The zero-order valence-corrected chi connectivity index (χ0v) is 18.7. The molecule has 0 aliphatic heterocycles. The molecule has 0 atom stereocenters. The van der Waals surface area contributed by atoms with Crippen LogP contribution in [0, 0.1) is 0 Å². The van der Waals surface area contributed by atoms with Crippen molar-refractivity contribution in [1.82, 2.24) is 14.3 Å². The lowest BCUT2D eigenvalue weighted by Crippen LogP contribution is -2.30. The predicted octanol–water partition coefficient (Wildman–Crippen LogP) is 4.19. The van der Waals surface area contributed by atoms with Gasteiger partial charge in [0.2, 0.25) is 15.9 Å². The normalized spacial score (nSPS) is 11.5. The average molecular weight is 442 g/mol. The van der Waals surface area contributed by atoms with Crippen LogP contribution in [0.2, 0.25) is 0 Å². The molecule has 0 aliphatic rings. The van der Waals surface area contributed by atoms with Gasteiger partial charge in [0, 0.05) is 18.8 Å². The van der Waals surface area contributed by atoms with Gasteiger partial charge in [0.05, 0.1) is 4.90 Å². The molecule has 1 aromatic heterocycles. The number of nitrogens with two attached hydrogens (primary N) is 1. The van der Waals surface area contributed by atoms with Gasteiger partial charge in [0.15, 0.2) is 5.82 Å². The van der Waals surface area contributed by atoms with Crippen LogP contribution in [0.3, 0.4) is 0 Å². The fourth-order valence-corrected chi connectivity index (χ4v) is 4.48. The summed E-state index contributed by atoms with van der Waals surface area (Å²) in [5.41, 5.74) is 8.29. The summed E-state index contributed by atoms with van der Waals surface area (Å²) < 4.78 is 32.5. The molecule has 0 unspecified atom stereocenters. The van der Waals surface area contributed by atoms with E-state index in [2.05, 4.69) is 22.2 Å². The first-order valence-corrected chi connectivity index (χ1v) is 11.6. The second kappa shape index (κ2) is 9.76. The zero-order chi connectivity index (χ0) is 22.4.